The molecular formula is C19H19NO5S. The van der Waals surface area contributed by atoms with Crippen LogP contribution in [0, 0.1) is 0 Å². The lowest BCUT2D eigenvalue weighted by Gasteiger charge is -2.25. The number of fused-ring (bicyclic) bond motifs is 1. The van der Waals surface area contributed by atoms with E-state index < -0.39 is 0 Å². The third kappa shape index (κ3) is 2.92. The number of amides is 1. The number of methoxy groups -OCH3 is 2. The van der Waals surface area contributed by atoms with Crippen LogP contribution in [0.15, 0.2) is 36.4 Å². The minimum absolute atomic E-state index is 0.0313. The lowest BCUT2D eigenvalue weighted by Crippen LogP contribution is -2.30. The average Bonchev–Trinajstić information content (AvgIpc) is 3.35. The number of carbonyl (C=O) groups excluding carboxylic acids is 1. The van der Waals surface area contributed by atoms with Gasteiger partial charge in [0.05, 0.1) is 14.2 Å². The predicted octanol–water partition coefficient (Wildman–Crippen LogP) is 3.32. The van der Waals surface area contributed by atoms with Crippen LogP contribution in [-0.4, -0.2) is 44.1 Å². The van der Waals surface area contributed by atoms with E-state index in [0.717, 1.165) is 17.1 Å². The van der Waals surface area contributed by atoms with Gasteiger partial charge in [-0.25, -0.2) is 0 Å². The van der Waals surface area contributed by atoms with E-state index in [-0.39, 0.29) is 18.1 Å². The van der Waals surface area contributed by atoms with E-state index in [1.807, 2.05) is 23.1 Å². The SMILES string of the molecule is COc1ccc([C@H]2SCCN2C(=O)c2ccc3c(c2)OCO3)c(OC)c1. The predicted molar refractivity (Wildman–Crippen MR) is 98.3 cm³/mol. The summed E-state index contributed by atoms with van der Waals surface area (Å²) in [7, 11) is 3.25. The van der Waals surface area contributed by atoms with E-state index in [2.05, 4.69) is 0 Å². The minimum Gasteiger partial charge on any atom is -0.497 e. The average molecular weight is 373 g/mol. The molecule has 0 aliphatic carbocycles. The highest BCUT2D eigenvalue weighted by molar-refractivity contribution is 7.99. The third-order valence-electron chi connectivity index (χ3n) is 4.48. The fourth-order valence-corrected chi connectivity index (χ4v) is 4.43. The van der Waals surface area contributed by atoms with Gasteiger partial charge >= 0.3 is 0 Å². The van der Waals surface area contributed by atoms with Gasteiger partial charge in [0.15, 0.2) is 11.5 Å². The van der Waals surface area contributed by atoms with Gasteiger partial charge in [-0.15, -0.1) is 11.8 Å². The van der Waals surface area contributed by atoms with Crippen molar-refractivity contribution < 1.29 is 23.7 Å². The summed E-state index contributed by atoms with van der Waals surface area (Å²) in [5, 5.41) is -0.103. The molecule has 2 aromatic carbocycles. The molecule has 1 saturated heterocycles. The molecule has 0 saturated carbocycles. The van der Waals surface area contributed by atoms with Gasteiger partial charge in [-0.1, -0.05) is 0 Å². The van der Waals surface area contributed by atoms with Gasteiger partial charge in [0.25, 0.3) is 5.91 Å². The number of rotatable bonds is 4. The zero-order valence-electron chi connectivity index (χ0n) is 14.6. The number of ether oxygens (including phenoxy) is 4. The number of carbonyl (C=O) groups is 1. The van der Waals surface area contributed by atoms with Gasteiger partial charge in [0.2, 0.25) is 6.79 Å². The van der Waals surface area contributed by atoms with Crippen molar-refractivity contribution in [1.29, 1.82) is 0 Å². The molecule has 4 rings (SSSR count). The van der Waals surface area contributed by atoms with E-state index in [1.54, 1.807) is 44.2 Å². The van der Waals surface area contributed by atoms with Gasteiger partial charge in [0.1, 0.15) is 16.9 Å². The van der Waals surface area contributed by atoms with Crippen LogP contribution in [0.3, 0.4) is 0 Å². The van der Waals surface area contributed by atoms with Crippen LogP contribution in [0.1, 0.15) is 21.3 Å². The van der Waals surface area contributed by atoms with Gasteiger partial charge < -0.3 is 23.8 Å². The summed E-state index contributed by atoms with van der Waals surface area (Å²) in [5.74, 6) is 3.56. The molecule has 0 unspecified atom stereocenters. The molecule has 1 amide bonds. The number of hydrogen-bond acceptors (Lipinski definition) is 6. The second kappa shape index (κ2) is 6.99. The molecule has 0 N–H and O–H groups in total. The number of benzene rings is 2. The Kier molecular flexibility index (Phi) is 4.55. The van der Waals surface area contributed by atoms with Crippen LogP contribution in [0.25, 0.3) is 0 Å². The first kappa shape index (κ1) is 16.9. The van der Waals surface area contributed by atoms with Crippen LogP contribution in [0.5, 0.6) is 23.0 Å². The number of hydrogen-bond donors (Lipinski definition) is 0. The van der Waals surface area contributed by atoms with Crippen LogP contribution >= 0.6 is 11.8 Å². The Morgan fingerprint density at radius 1 is 1.12 bits per heavy atom. The summed E-state index contributed by atoms with van der Waals surface area (Å²) < 4.78 is 21.5. The fourth-order valence-electron chi connectivity index (χ4n) is 3.15. The first-order valence-corrected chi connectivity index (χ1v) is 9.30. The van der Waals surface area contributed by atoms with Gasteiger partial charge in [0, 0.05) is 29.5 Å². The summed E-state index contributed by atoms with van der Waals surface area (Å²) in [6.45, 7) is 0.871. The van der Waals surface area contributed by atoms with Crippen LogP contribution in [0.2, 0.25) is 0 Å². The molecule has 0 bridgehead atoms. The van der Waals surface area contributed by atoms with Crippen molar-refractivity contribution in [2.75, 3.05) is 33.3 Å². The van der Waals surface area contributed by atoms with Crippen molar-refractivity contribution in [3.05, 3.63) is 47.5 Å². The molecular weight excluding hydrogens is 354 g/mol. The van der Waals surface area contributed by atoms with Gasteiger partial charge in [-0.3, -0.25) is 4.79 Å². The Hall–Kier alpha value is -2.54. The summed E-state index contributed by atoms with van der Waals surface area (Å²) in [6, 6.07) is 11.0. The lowest BCUT2D eigenvalue weighted by molar-refractivity contribution is 0.0759. The highest BCUT2D eigenvalue weighted by Crippen LogP contribution is 2.44. The fraction of sp³-hybridized carbons (Fsp3) is 0.316. The van der Waals surface area contributed by atoms with Crippen molar-refractivity contribution in [3.63, 3.8) is 0 Å². The summed E-state index contributed by atoms with van der Waals surface area (Å²) in [6.07, 6.45) is 0. The first-order chi connectivity index (χ1) is 12.7. The maximum Gasteiger partial charge on any atom is 0.255 e. The Morgan fingerprint density at radius 2 is 1.96 bits per heavy atom. The molecule has 0 spiro atoms. The summed E-state index contributed by atoms with van der Waals surface area (Å²) >= 11 is 1.72. The second-order valence-electron chi connectivity index (χ2n) is 5.90. The zero-order chi connectivity index (χ0) is 18.1. The first-order valence-electron chi connectivity index (χ1n) is 8.25. The largest absolute Gasteiger partial charge is 0.497 e. The zero-order valence-corrected chi connectivity index (χ0v) is 15.4. The molecule has 2 aromatic rings. The van der Waals surface area contributed by atoms with Crippen molar-refractivity contribution in [1.82, 2.24) is 4.90 Å². The molecule has 0 aromatic heterocycles. The maximum absolute atomic E-state index is 13.1. The highest BCUT2D eigenvalue weighted by atomic mass is 32.2. The molecule has 1 atom stereocenters. The number of nitrogens with zero attached hydrogens (tertiary/aromatic N) is 1. The van der Waals surface area contributed by atoms with Crippen LogP contribution < -0.4 is 18.9 Å². The molecule has 136 valence electrons. The lowest BCUT2D eigenvalue weighted by atomic mass is 10.1. The van der Waals surface area contributed by atoms with Crippen molar-refractivity contribution in [2.45, 2.75) is 5.37 Å². The monoisotopic (exact) mass is 373 g/mol. The van der Waals surface area contributed by atoms with Crippen LogP contribution in [-0.2, 0) is 0 Å². The Labute approximate surface area is 156 Å². The smallest absolute Gasteiger partial charge is 0.255 e. The molecule has 2 aliphatic heterocycles. The molecule has 26 heavy (non-hydrogen) atoms. The van der Waals surface area contributed by atoms with E-state index in [4.69, 9.17) is 18.9 Å². The van der Waals surface area contributed by atoms with E-state index in [0.29, 0.717) is 29.4 Å². The molecule has 2 heterocycles. The minimum atomic E-state index is -0.103. The highest BCUT2D eigenvalue weighted by Gasteiger charge is 2.33. The van der Waals surface area contributed by atoms with Gasteiger partial charge in [-0.05, 0) is 30.3 Å². The number of thioether (sulfide) groups is 1. The van der Waals surface area contributed by atoms with Crippen molar-refractivity contribution >= 4 is 17.7 Å². The molecule has 7 heteroatoms. The molecule has 1 fully saturated rings. The standard InChI is InChI=1S/C19H19NO5S/c1-22-13-4-5-14(16(10-13)23-2)19-20(7-8-26-19)18(21)12-3-6-15-17(9-12)25-11-24-15/h3-6,9-10,19H,7-8,11H2,1-2H3/t19-/m1/s1. The summed E-state index contributed by atoms with van der Waals surface area (Å²) in [5.41, 5.74) is 1.55. The van der Waals surface area contributed by atoms with Crippen molar-refractivity contribution in [3.8, 4) is 23.0 Å². The van der Waals surface area contributed by atoms with E-state index in [9.17, 15) is 4.79 Å². The normalized spacial score (nSPS) is 18.1. The van der Waals surface area contributed by atoms with E-state index >= 15 is 0 Å². The Morgan fingerprint density at radius 3 is 2.77 bits per heavy atom. The Balaban J connectivity index is 1.63. The van der Waals surface area contributed by atoms with Crippen molar-refractivity contribution in [2.24, 2.45) is 0 Å². The molecule has 0 radical (unpaired) electrons. The van der Waals surface area contributed by atoms with Gasteiger partial charge in [-0.2, -0.15) is 0 Å². The molecule has 6 nitrogen and oxygen atoms in total. The topological polar surface area (TPSA) is 57.2 Å². The maximum atomic E-state index is 13.1. The molecule has 2 aliphatic rings. The van der Waals surface area contributed by atoms with E-state index in [1.165, 1.54) is 0 Å². The quantitative estimate of drug-likeness (QED) is 0.820. The second-order valence-corrected chi connectivity index (χ2v) is 7.09. The van der Waals surface area contributed by atoms with Crippen LogP contribution in [0.4, 0.5) is 0 Å². The third-order valence-corrected chi connectivity index (χ3v) is 5.72. The summed E-state index contributed by atoms with van der Waals surface area (Å²) in [4.78, 5) is 15.0. The Bertz CT molecular complexity index is 841.